The van der Waals surface area contributed by atoms with Crippen molar-refractivity contribution >= 4 is 0 Å². The quantitative estimate of drug-likeness (QED) is 0.454. The van der Waals surface area contributed by atoms with Crippen molar-refractivity contribution in [2.75, 3.05) is 0 Å². The highest BCUT2D eigenvalue weighted by Gasteiger charge is 1.93. The molecule has 0 spiro atoms. The maximum absolute atomic E-state index is 5.19. The fourth-order valence-corrected chi connectivity index (χ4v) is 0.758. The molecule has 0 fully saturated rings. The zero-order valence-electron chi connectivity index (χ0n) is 5.68. The molecular weight excluding hydrogens is 110 g/mol. The molecule has 0 aliphatic heterocycles. The second-order valence-electron chi connectivity index (χ2n) is 2.06. The lowest BCUT2D eigenvalue weighted by Crippen LogP contribution is -1.92. The zero-order chi connectivity index (χ0) is 6.85. The van der Waals surface area contributed by atoms with Crippen LogP contribution in [0.15, 0.2) is 12.1 Å². The average molecular weight is 119 g/mol. The molecular formula is C8H9N. The first kappa shape index (κ1) is 5.97. The van der Waals surface area contributed by atoms with E-state index in [0.29, 0.717) is 0 Å². The maximum Gasteiger partial charge on any atom is 0.0916 e. The van der Waals surface area contributed by atoms with E-state index in [1.165, 1.54) is 5.69 Å². The Morgan fingerprint density at radius 1 is 1.56 bits per heavy atom. The molecule has 1 rings (SSSR count). The van der Waals surface area contributed by atoms with Gasteiger partial charge in [0.1, 0.15) is 0 Å². The Morgan fingerprint density at radius 3 is 2.44 bits per heavy atom. The Balaban J connectivity index is 3.24. The standard InChI is InChI=1S/C8H9N/c1-4-8-6-5-7(2)9(8)3/h1,5-6H,2-3H3. The third-order valence-corrected chi connectivity index (χ3v) is 1.52. The largest absolute Gasteiger partial charge is 0.342 e. The highest BCUT2D eigenvalue weighted by molar-refractivity contribution is 5.28. The van der Waals surface area contributed by atoms with E-state index in [1.807, 2.05) is 30.7 Å². The van der Waals surface area contributed by atoms with Gasteiger partial charge in [0.2, 0.25) is 0 Å². The van der Waals surface area contributed by atoms with Gasteiger partial charge in [-0.3, -0.25) is 0 Å². The summed E-state index contributed by atoms with van der Waals surface area (Å²) < 4.78 is 1.99. The van der Waals surface area contributed by atoms with Gasteiger partial charge >= 0.3 is 0 Å². The summed E-state index contributed by atoms with van der Waals surface area (Å²) in [6.07, 6.45) is 5.19. The van der Waals surface area contributed by atoms with Gasteiger partial charge in [-0.15, -0.1) is 6.42 Å². The van der Waals surface area contributed by atoms with E-state index in [4.69, 9.17) is 6.42 Å². The van der Waals surface area contributed by atoms with Crippen molar-refractivity contribution in [1.29, 1.82) is 0 Å². The summed E-state index contributed by atoms with van der Waals surface area (Å²) in [5.74, 6) is 2.58. The summed E-state index contributed by atoms with van der Waals surface area (Å²) in [4.78, 5) is 0. The number of terminal acetylenes is 1. The lowest BCUT2D eigenvalue weighted by Gasteiger charge is -1.95. The molecule has 9 heavy (non-hydrogen) atoms. The molecule has 1 aromatic heterocycles. The average Bonchev–Trinajstić information content (AvgIpc) is 2.15. The third-order valence-electron chi connectivity index (χ3n) is 1.52. The summed E-state index contributed by atoms with van der Waals surface area (Å²) >= 11 is 0. The molecule has 0 aliphatic carbocycles. The predicted octanol–water partition coefficient (Wildman–Crippen LogP) is 1.31. The van der Waals surface area contributed by atoms with Gasteiger partial charge in [0, 0.05) is 12.7 Å². The maximum atomic E-state index is 5.19. The summed E-state index contributed by atoms with van der Waals surface area (Å²) in [7, 11) is 1.96. The van der Waals surface area contributed by atoms with Crippen LogP contribution in [0.5, 0.6) is 0 Å². The molecule has 0 amide bonds. The summed E-state index contributed by atoms with van der Waals surface area (Å²) in [5.41, 5.74) is 2.13. The highest BCUT2D eigenvalue weighted by atomic mass is 14.9. The molecule has 0 aromatic carbocycles. The van der Waals surface area contributed by atoms with Crippen LogP contribution in [-0.4, -0.2) is 4.57 Å². The van der Waals surface area contributed by atoms with Crippen LogP contribution in [0.1, 0.15) is 11.4 Å². The first-order chi connectivity index (χ1) is 4.25. The molecule has 1 aromatic rings. The molecule has 0 radical (unpaired) electrons. The Labute approximate surface area is 55.3 Å². The molecule has 46 valence electrons. The van der Waals surface area contributed by atoms with Crippen LogP contribution < -0.4 is 0 Å². The summed E-state index contributed by atoms with van der Waals surface area (Å²) in [6.45, 7) is 2.03. The van der Waals surface area contributed by atoms with Crippen molar-refractivity contribution in [1.82, 2.24) is 4.57 Å². The molecule has 0 saturated heterocycles. The summed E-state index contributed by atoms with van der Waals surface area (Å²) in [6, 6.07) is 3.95. The van der Waals surface area contributed by atoms with Gasteiger partial charge in [-0.25, -0.2) is 0 Å². The van der Waals surface area contributed by atoms with Crippen LogP contribution in [0.25, 0.3) is 0 Å². The van der Waals surface area contributed by atoms with Gasteiger partial charge in [-0.05, 0) is 19.1 Å². The number of hydrogen-bond donors (Lipinski definition) is 0. The second kappa shape index (κ2) is 1.99. The minimum Gasteiger partial charge on any atom is -0.342 e. The Kier molecular flexibility index (Phi) is 1.32. The third kappa shape index (κ3) is 0.837. The second-order valence-corrected chi connectivity index (χ2v) is 2.06. The Bertz CT molecular complexity index is 250. The van der Waals surface area contributed by atoms with Crippen LogP contribution in [0.4, 0.5) is 0 Å². The fraction of sp³-hybridized carbons (Fsp3) is 0.250. The van der Waals surface area contributed by atoms with E-state index in [-0.39, 0.29) is 0 Å². The fourth-order valence-electron chi connectivity index (χ4n) is 0.758. The molecule has 1 heterocycles. The van der Waals surface area contributed by atoms with Crippen LogP contribution in [-0.2, 0) is 7.05 Å². The van der Waals surface area contributed by atoms with Gasteiger partial charge in [0.15, 0.2) is 0 Å². The van der Waals surface area contributed by atoms with E-state index < -0.39 is 0 Å². The number of aryl methyl sites for hydroxylation is 1. The van der Waals surface area contributed by atoms with E-state index in [2.05, 4.69) is 5.92 Å². The van der Waals surface area contributed by atoms with Crippen molar-refractivity contribution in [3.8, 4) is 12.3 Å². The van der Waals surface area contributed by atoms with Crippen LogP contribution in [0.3, 0.4) is 0 Å². The van der Waals surface area contributed by atoms with Gasteiger partial charge in [0.05, 0.1) is 5.69 Å². The molecule has 1 nitrogen and oxygen atoms in total. The molecule has 0 atom stereocenters. The highest BCUT2D eigenvalue weighted by Crippen LogP contribution is 2.02. The van der Waals surface area contributed by atoms with E-state index in [0.717, 1.165) is 5.69 Å². The minimum atomic E-state index is 0.938. The number of aromatic nitrogens is 1. The van der Waals surface area contributed by atoms with Crippen LogP contribution in [0, 0.1) is 19.3 Å². The number of rotatable bonds is 0. The number of hydrogen-bond acceptors (Lipinski definition) is 0. The monoisotopic (exact) mass is 119 g/mol. The lowest BCUT2D eigenvalue weighted by atomic mass is 10.4. The van der Waals surface area contributed by atoms with Gasteiger partial charge < -0.3 is 4.57 Å². The van der Waals surface area contributed by atoms with Crippen LogP contribution >= 0.6 is 0 Å². The van der Waals surface area contributed by atoms with Gasteiger partial charge in [-0.2, -0.15) is 0 Å². The smallest absolute Gasteiger partial charge is 0.0916 e. The first-order valence-electron chi connectivity index (χ1n) is 2.84. The van der Waals surface area contributed by atoms with Crippen molar-refractivity contribution in [2.45, 2.75) is 6.92 Å². The molecule has 0 aliphatic rings. The summed E-state index contributed by atoms with van der Waals surface area (Å²) in [5, 5.41) is 0. The van der Waals surface area contributed by atoms with E-state index in [1.54, 1.807) is 0 Å². The SMILES string of the molecule is C#Cc1ccc(C)n1C. The number of nitrogens with zero attached hydrogens (tertiary/aromatic N) is 1. The van der Waals surface area contributed by atoms with Crippen molar-refractivity contribution < 1.29 is 0 Å². The van der Waals surface area contributed by atoms with Gasteiger partial charge in [0.25, 0.3) is 0 Å². The minimum absolute atomic E-state index is 0.938. The first-order valence-corrected chi connectivity index (χ1v) is 2.84. The molecule has 0 bridgehead atoms. The van der Waals surface area contributed by atoms with Crippen LogP contribution in [0.2, 0.25) is 0 Å². The van der Waals surface area contributed by atoms with Crippen molar-refractivity contribution in [3.05, 3.63) is 23.5 Å². The predicted molar refractivity (Wildman–Crippen MR) is 38.1 cm³/mol. The topological polar surface area (TPSA) is 4.93 Å². The Hall–Kier alpha value is -1.16. The lowest BCUT2D eigenvalue weighted by molar-refractivity contribution is 0.869. The molecule has 1 heteroatoms. The zero-order valence-corrected chi connectivity index (χ0v) is 5.68. The van der Waals surface area contributed by atoms with Crippen molar-refractivity contribution in [2.24, 2.45) is 7.05 Å². The molecule has 0 unspecified atom stereocenters. The normalized spacial score (nSPS) is 9.00. The van der Waals surface area contributed by atoms with E-state index in [9.17, 15) is 0 Å². The molecule has 0 saturated carbocycles. The van der Waals surface area contributed by atoms with Crippen molar-refractivity contribution in [3.63, 3.8) is 0 Å². The van der Waals surface area contributed by atoms with Gasteiger partial charge in [-0.1, -0.05) is 5.92 Å². The van der Waals surface area contributed by atoms with E-state index >= 15 is 0 Å². The molecule has 0 N–H and O–H groups in total. The Morgan fingerprint density at radius 2 is 2.22 bits per heavy atom.